The molecule has 0 aliphatic carbocycles. The smallest absolute Gasteiger partial charge is 0.305 e. The zero-order chi connectivity index (χ0) is 10.8. The lowest BCUT2D eigenvalue weighted by atomic mass is 10.2. The fraction of sp³-hybridized carbons (Fsp3) is 0.250. The highest BCUT2D eigenvalue weighted by Crippen LogP contribution is 2.32. The van der Waals surface area contributed by atoms with Crippen LogP contribution in [0.25, 0.3) is 0 Å². The van der Waals surface area contributed by atoms with Gasteiger partial charge < -0.3 is 5.21 Å². The van der Waals surface area contributed by atoms with Crippen LogP contribution in [0, 0.1) is 0 Å². The Bertz CT molecular complexity index is 290. The summed E-state index contributed by atoms with van der Waals surface area (Å²) >= 11 is 5.40. The van der Waals surface area contributed by atoms with E-state index >= 15 is 0 Å². The van der Waals surface area contributed by atoms with Crippen molar-refractivity contribution in [2.75, 3.05) is 0 Å². The molecule has 0 saturated carbocycles. The van der Waals surface area contributed by atoms with Crippen LogP contribution in [0.3, 0.4) is 0 Å². The fourth-order valence-corrected chi connectivity index (χ4v) is 1.14. The molecule has 1 N–H and O–H groups in total. The number of rotatable bonds is 2. The summed E-state index contributed by atoms with van der Waals surface area (Å²) in [6, 6.07) is 7.51. The number of hydroxylamine groups is 2. The van der Waals surface area contributed by atoms with Crippen LogP contribution in [-0.4, -0.2) is 16.6 Å². The first-order valence-electron chi connectivity index (χ1n) is 3.67. The molecule has 0 saturated heterocycles. The summed E-state index contributed by atoms with van der Waals surface area (Å²) in [5, 5.41) is 7.84. The predicted molar refractivity (Wildman–Crippen MR) is 44.7 cm³/mol. The predicted octanol–water partition coefficient (Wildman–Crippen LogP) is 3.14. The first kappa shape index (κ1) is 11.3. The summed E-state index contributed by atoms with van der Waals surface area (Å²) in [7, 11) is 0. The van der Waals surface area contributed by atoms with Crippen LogP contribution < -0.4 is 0 Å². The molecule has 0 radical (unpaired) electrons. The van der Waals surface area contributed by atoms with E-state index in [1.807, 2.05) is 0 Å². The lowest BCUT2D eigenvalue weighted by Crippen LogP contribution is -2.35. The standard InChI is InChI=1S/C8H7ClF3NO/c9-7(13(14)8(10,11)12)6-4-2-1-3-5-6/h1-5,7,14H/t7-/m1/s1. The minimum Gasteiger partial charge on any atom is -0.305 e. The molecule has 1 rings (SSSR count). The molecule has 0 heterocycles. The molecule has 1 aromatic rings. The number of hydrogen-bond donors (Lipinski definition) is 1. The second kappa shape index (κ2) is 4.16. The zero-order valence-corrected chi connectivity index (χ0v) is 7.63. The van der Waals surface area contributed by atoms with Crippen molar-refractivity contribution in [2.24, 2.45) is 0 Å². The van der Waals surface area contributed by atoms with Gasteiger partial charge in [0, 0.05) is 0 Å². The van der Waals surface area contributed by atoms with Crippen molar-refractivity contribution in [1.29, 1.82) is 0 Å². The van der Waals surface area contributed by atoms with Gasteiger partial charge in [0.1, 0.15) is 5.50 Å². The van der Waals surface area contributed by atoms with E-state index in [-0.39, 0.29) is 5.56 Å². The maximum atomic E-state index is 12.0. The summed E-state index contributed by atoms with van der Waals surface area (Å²) in [6.07, 6.45) is -4.86. The molecular weight excluding hydrogens is 219 g/mol. The highest BCUT2D eigenvalue weighted by molar-refractivity contribution is 6.20. The third-order valence-electron chi connectivity index (χ3n) is 1.55. The Hall–Kier alpha value is -0.780. The summed E-state index contributed by atoms with van der Waals surface area (Å²) in [5.41, 5.74) is -1.45. The Labute approximate surface area is 83.5 Å². The van der Waals surface area contributed by atoms with Gasteiger partial charge in [0.05, 0.1) is 0 Å². The van der Waals surface area contributed by atoms with E-state index in [1.165, 1.54) is 24.3 Å². The van der Waals surface area contributed by atoms with Gasteiger partial charge in [0.2, 0.25) is 0 Å². The molecule has 0 unspecified atom stereocenters. The van der Waals surface area contributed by atoms with Gasteiger partial charge in [-0.15, -0.1) is 0 Å². The van der Waals surface area contributed by atoms with Crippen LogP contribution in [0.4, 0.5) is 13.2 Å². The van der Waals surface area contributed by atoms with E-state index < -0.39 is 16.9 Å². The molecule has 0 aliphatic heterocycles. The van der Waals surface area contributed by atoms with Gasteiger partial charge in [0.15, 0.2) is 0 Å². The van der Waals surface area contributed by atoms with Crippen LogP contribution in [-0.2, 0) is 0 Å². The van der Waals surface area contributed by atoms with E-state index in [0.29, 0.717) is 0 Å². The molecule has 0 amide bonds. The molecule has 0 aliphatic rings. The molecule has 0 aromatic heterocycles. The van der Waals surface area contributed by atoms with Crippen molar-refractivity contribution in [3.63, 3.8) is 0 Å². The van der Waals surface area contributed by atoms with Gasteiger partial charge >= 0.3 is 6.30 Å². The second-order valence-electron chi connectivity index (χ2n) is 2.56. The fourth-order valence-electron chi connectivity index (χ4n) is 0.882. The van der Waals surface area contributed by atoms with Gasteiger partial charge in [-0.1, -0.05) is 47.0 Å². The lowest BCUT2D eigenvalue weighted by Gasteiger charge is -2.22. The van der Waals surface area contributed by atoms with E-state index in [9.17, 15) is 13.2 Å². The van der Waals surface area contributed by atoms with Gasteiger partial charge in [-0.25, -0.2) is 0 Å². The minimum atomic E-state index is -4.86. The topological polar surface area (TPSA) is 23.5 Å². The third kappa shape index (κ3) is 2.60. The average molecular weight is 226 g/mol. The van der Waals surface area contributed by atoms with Crippen LogP contribution in [0.1, 0.15) is 11.1 Å². The third-order valence-corrected chi connectivity index (χ3v) is 1.99. The monoisotopic (exact) mass is 225 g/mol. The molecule has 14 heavy (non-hydrogen) atoms. The summed E-state index contributed by atoms with van der Waals surface area (Å²) in [5.74, 6) is 0. The van der Waals surface area contributed by atoms with Crippen molar-refractivity contribution in [2.45, 2.75) is 11.8 Å². The van der Waals surface area contributed by atoms with Gasteiger partial charge in [-0.3, -0.25) is 0 Å². The maximum Gasteiger partial charge on any atom is 0.484 e. The van der Waals surface area contributed by atoms with Gasteiger partial charge in [-0.2, -0.15) is 13.2 Å². The minimum absolute atomic E-state index is 0.175. The average Bonchev–Trinajstić information content (AvgIpc) is 2.15. The molecule has 0 bridgehead atoms. The van der Waals surface area contributed by atoms with Crippen LogP contribution in [0.2, 0.25) is 0 Å². The van der Waals surface area contributed by atoms with Crippen LogP contribution >= 0.6 is 11.6 Å². The molecule has 78 valence electrons. The largest absolute Gasteiger partial charge is 0.484 e. The van der Waals surface area contributed by atoms with E-state index in [1.54, 1.807) is 6.07 Å². The molecule has 1 aromatic carbocycles. The van der Waals surface area contributed by atoms with Crippen molar-refractivity contribution in [3.8, 4) is 0 Å². The van der Waals surface area contributed by atoms with Crippen LogP contribution in [0.15, 0.2) is 30.3 Å². The number of hydrogen-bond acceptors (Lipinski definition) is 2. The first-order valence-corrected chi connectivity index (χ1v) is 4.10. The molecule has 6 heteroatoms. The summed E-state index contributed by atoms with van der Waals surface area (Å²) in [6.45, 7) is 0. The Kier molecular flexibility index (Phi) is 3.36. The SMILES string of the molecule is ON([C@@H](Cl)c1ccccc1)C(F)(F)F. The van der Waals surface area contributed by atoms with Crippen LogP contribution in [0.5, 0.6) is 0 Å². The quantitative estimate of drug-likeness (QED) is 0.475. The van der Waals surface area contributed by atoms with Crippen molar-refractivity contribution >= 4 is 11.6 Å². The molecule has 1 atom stereocenters. The first-order chi connectivity index (χ1) is 6.43. The van der Waals surface area contributed by atoms with Gasteiger partial charge in [0.25, 0.3) is 0 Å². The second-order valence-corrected chi connectivity index (χ2v) is 2.97. The number of alkyl halides is 4. The highest BCUT2D eigenvalue weighted by Gasteiger charge is 2.41. The maximum absolute atomic E-state index is 12.0. The van der Waals surface area contributed by atoms with Crippen molar-refractivity contribution in [1.82, 2.24) is 5.06 Å². The Morgan fingerprint density at radius 1 is 1.21 bits per heavy atom. The van der Waals surface area contributed by atoms with Crippen molar-refractivity contribution in [3.05, 3.63) is 35.9 Å². The van der Waals surface area contributed by atoms with Crippen molar-refractivity contribution < 1.29 is 18.4 Å². The number of benzene rings is 1. The molecule has 0 spiro atoms. The Morgan fingerprint density at radius 2 is 1.71 bits per heavy atom. The van der Waals surface area contributed by atoms with E-state index in [2.05, 4.69) is 0 Å². The molecule has 2 nitrogen and oxygen atoms in total. The molecular formula is C8H7ClF3NO. The normalized spacial score (nSPS) is 14.4. The van der Waals surface area contributed by atoms with Gasteiger partial charge in [-0.05, 0) is 5.56 Å². The lowest BCUT2D eigenvalue weighted by molar-refractivity contribution is -0.359. The summed E-state index contributed by atoms with van der Waals surface area (Å²) in [4.78, 5) is 0. The Balaban J connectivity index is 2.81. The van der Waals surface area contributed by atoms with E-state index in [4.69, 9.17) is 16.8 Å². The number of halogens is 4. The molecule has 0 fully saturated rings. The zero-order valence-electron chi connectivity index (χ0n) is 6.87. The number of nitrogens with zero attached hydrogens (tertiary/aromatic N) is 1. The highest BCUT2D eigenvalue weighted by atomic mass is 35.5. The summed E-state index contributed by atoms with van der Waals surface area (Å²) < 4.78 is 35.9. The van der Waals surface area contributed by atoms with E-state index in [0.717, 1.165) is 0 Å². The Morgan fingerprint density at radius 3 is 2.14 bits per heavy atom.